The van der Waals surface area contributed by atoms with Crippen molar-refractivity contribution in [1.29, 1.82) is 0 Å². The van der Waals surface area contributed by atoms with Gasteiger partial charge in [-0.05, 0) is 29.7 Å². The minimum atomic E-state index is -0.0491. The van der Waals surface area contributed by atoms with E-state index in [1.165, 1.54) is 0 Å². The summed E-state index contributed by atoms with van der Waals surface area (Å²) >= 11 is 0. The number of aryl methyl sites for hydroxylation is 2. The van der Waals surface area contributed by atoms with Crippen molar-refractivity contribution in [1.82, 2.24) is 9.55 Å². The average molecular weight is 268 g/mol. The van der Waals surface area contributed by atoms with Crippen LogP contribution in [0.1, 0.15) is 11.1 Å². The van der Waals surface area contributed by atoms with Crippen molar-refractivity contribution < 1.29 is 5.11 Å². The Kier molecular flexibility index (Phi) is 2.95. The third-order valence-corrected chi connectivity index (χ3v) is 3.75. The van der Waals surface area contributed by atoms with E-state index in [0.29, 0.717) is 5.52 Å². The summed E-state index contributed by atoms with van der Waals surface area (Å²) < 4.78 is 1.57. The molecule has 3 rings (SSSR count). The summed E-state index contributed by atoms with van der Waals surface area (Å²) in [5, 5.41) is 10.5. The smallest absolute Gasteiger partial charge is 0.274 e. The molecule has 0 bridgehead atoms. The van der Waals surface area contributed by atoms with Gasteiger partial charge in [-0.3, -0.25) is 4.79 Å². The highest BCUT2D eigenvalue weighted by molar-refractivity contribution is 5.95. The number of aliphatic hydroxyl groups excluding tert-OH is 1. The van der Waals surface area contributed by atoms with Crippen molar-refractivity contribution in [2.24, 2.45) is 7.05 Å². The van der Waals surface area contributed by atoms with Crippen LogP contribution in [0.2, 0.25) is 0 Å². The number of H-pyrrole nitrogens is 1. The minimum Gasteiger partial charge on any atom is -0.392 e. The van der Waals surface area contributed by atoms with Gasteiger partial charge in [-0.1, -0.05) is 18.2 Å². The first-order valence-corrected chi connectivity index (χ1v) is 6.50. The number of fused-ring (bicyclic) bond motifs is 1. The van der Waals surface area contributed by atoms with Crippen LogP contribution in [0.3, 0.4) is 0 Å². The Morgan fingerprint density at radius 2 is 2.05 bits per heavy atom. The Morgan fingerprint density at radius 3 is 2.80 bits per heavy atom. The molecule has 0 aliphatic carbocycles. The molecule has 0 aliphatic heterocycles. The van der Waals surface area contributed by atoms with Crippen LogP contribution in [-0.2, 0) is 13.7 Å². The molecule has 2 N–H and O–H groups in total. The van der Waals surface area contributed by atoms with E-state index < -0.39 is 0 Å². The third kappa shape index (κ3) is 1.77. The Bertz CT molecular complexity index is 843. The van der Waals surface area contributed by atoms with E-state index in [9.17, 15) is 9.90 Å². The molecule has 4 heteroatoms. The van der Waals surface area contributed by atoms with E-state index in [4.69, 9.17) is 0 Å². The van der Waals surface area contributed by atoms with Gasteiger partial charge >= 0.3 is 0 Å². The maximum Gasteiger partial charge on any atom is 0.274 e. The molecule has 2 heterocycles. The summed E-state index contributed by atoms with van der Waals surface area (Å²) in [7, 11) is 1.74. The topological polar surface area (TPSA) is 58.0 Å². The molecule has 20 heavy (non-hydrogen) atoms. The minimum absolute atomic E-state index is 0.0171. The molecule has 0 atom stereocenters. The molecule has 0 amide bonds. The van der Waals surface area contributed by atoms with Crippen molar-refractivity contribution >= 4 is 10.9 Å². The molecule has 0 aliphatic rings. The highest BCUT2D eigenvalue weighted by Crippen LogP contribution is 2.30. The second-order valence-corrected chi connectivity index (χ2v) is 4.98. The standard InChI is InChI=1S/C16H16N2O2/c1-10-4-3-5-11(14(10)9-19)13-8-18(2)16(20)15-12(13)6-7-17-15/h3-8,17,19H,9H2,1-2H3. The number of rotatable bonds is 2. The summed E-state index contributed by atoms with van der Waals surface area (Å²) in [5.74, 6) is 0. The fourth-order valence-corrected chi connectivity index (χ4v) is 2.65. The molecule has 0 saturated carbocycles. The quantitative estimate of drug-likeness (QED) is 0.749. The Morgan fingerprint density at radius 1 is 1.25 bits per heavy atom. The molecule has 3 aromatic rings. The highest BCUT2D eigenvalue weighted by Gasteiger charge is 2.13. The van der Waals surface area contributed by atoms with E-state index in [0.717, 1.165) is 27.6 Å². The second kappa shape index (κ2) is 4.65. The lowest BCUT2D eigenvalue weighted by atomic mass is 9.95. The SMILES string of the molecule is Cc1cccc(-c2cn(C)c(=O)c3[nH]ccc23)c1CO. The number of aliphatic hydroxyl groups is 1. The molecular weight excluding hydrogens is 252 g/mol. The van der Waals surface area contributed by atoms with Crippen LogP contribution in [0, 0.1) is 6.92 Å². The molecule has 1 aromatic carbocycles. The summed E-state index contributed by atoms with van der Waals surface area (Å²) in [6.45, 7) is 1.96. The molecule has 4 nitrogen and oxygen atoms in total. The molecule has 102 valence electrons. The number of aromatic nitrogens is 2. The van der Waals surface area contributed by atoms with Gasteiger partial charge in [-0.2, -0.15) is 0 Å². The fraction of sp³-hybridized carbons (Fsp3) is 0.188. The van der Waals surface area contributed by atoms with Crippen LogP contribution in [0.4, 0.5) is 0 Å². The van der Waals surface area contributed by atoms with Gasteiger partial charge in [0, 0.05) is 30.4 Å². The van der Waals surface area contributed by atoms with Gasteiger partial charge in [0.1, 0.15) is 5.52 Å². The van der Waals surface area contributed by atoms with Gasteiger partial charge < -0.3 is 14.7 Å². The van der Waals surface area contributed by atoms with Crippen LogP contribution >= 0.6 is 0 Å². The number of hydrogen-bond donors (Lipinski definition) is 2. The van der Waals surface area contributed by atoms with Crippen LogP contribution in [0.15, 0.2) is 41.5 Å². The van der Waals surface area contributed by atoms with Gasteiger partial charge in [-0.15, -0.1) is 0 Å². The number of pyridine rings is 1. The van der Waals surface area contributed by atoms with E-state index in [1.54, 1.807) is 17.8 Å². The van der Waals surface area contributed by atoms with Crippen molar-refractivity contribution in [2.75, 3.05) is 0 Å². The third-order valence-electron chi connectivity index (χ3n) is 3.75. The molecule has 0 spiro atoms. The van der Waals surface area contributed by atoms with Crippen molar-refractivity contribution in [3.63, 3.8) is 0 Å². The van der Waals surface area contributed by atoms with E-state index >= 15 is 0 Å². The Labute approximate surface area is 116 Å². The van der Waals surface area contributed by atoms with Gasteiger partial charge in [0.15, 0.2) is 0 Å². The first-order valence-electron chi connectivity index (χ1n) is 6.50. The predicted octanol–water partition coefficient (Wildman–Crippen LogP) is 2.33. The summed E-state index contributed by atoms with van der Waals surface area (Å²) in [4.78, 5) is 15.1. The lowest BCUT2D eigenvalue weighted by molar-refractivity contribution is 0.281. The zero-order valence-corrected chi connectivity index (χ0v) is 11.5. The van der Waals surface area contributed by atoms with Crippen LogP contribution in [0.5, 0.6) is 0 Å². The molecule has 0 fully saturated rings. The predicted molar refractivity (Wildman–Crippen MR) is 79.6 cm³/mol. The first-order chi connectivity index (χ1) is 9.63. The lowest BCUT2D eigenvalue weighted by Crippen LogP contribution is -2.16. The maximum absolute atomic E-state index is 12.1. The summed E-state index contributed by atoms with van der Waals surface area (Å²) in [6, 6.07) is 7.82. The number of nitrogens with zero attached hydrogens (tertiary/aromatic N) is 1. The molecule has 0 unspecified atom stereocenters. The number of aromatic amines is 1. The van der Waals surface area contributed by atoms with Gasteiger partial charge in [0.25, 0.3) is 5.56 Å². The number of hydrogen-bond acceptors (Lipinski definition) is 2. The largest absolute Gasteiger partial charge is 0.392 e. The van der Waals surface area contributed by atoms with Crippen molar-refractivity contribution in [3.8, 4) is 11.1 Å². The normalized spacial score (nSPS) is 11.2. The Hall–Kier alpha value is -2.33. The summed E-state index contributed by atoms with van der Waals surface area (Å²) in [6.07, 6.45) is 3.59. The van der Waals surface area contributed by atoms with Crippen LogP contribution in [-0.4, -0.2) is 14.7 Å². The van der Waals surface area contributed by atoms with Crippen LogP contribution < -0.4 is 5.56 Å². The monoisotopic (exact) mass is 268 g/mol. The second-order valence-electron chi connectivity index (χ2n) is 4.98. The van der Waals surface area contributed by atoms with Gasteiger partial charge in [0.05, 0.1) is 6.61 Å². The number of nitrogens with one attached hydrogen (secondary N) is 1. The van der Waals surface area contributed by atoms with E-state index in [-0.39, 0.29) is 12.2 Å². The van der Waals surface area contributed by atoms with Gasteiger partial charge in [0.2, 0.25) is 0 Å². The molecule has 2 aromatic heterocycles. The Balaban J connectivity index is 2.42. The summed E-state index contributed by atoms with van der Waals surface area (Å²) in [5.41, 5.74) is 4.40. The maximum atomic E-state index is 12.1. The lowest BCUT2D eigenvalue weighted by Gasteiger charge is -2.13. The van der Waals surface area contributed by atoms with E-state index in [1.807, 2.05) is 37.4 Å². The van der Waals surface area contributed by atoms with Crippen LogP contribution in [0.25, 0.3) is 22.0 Å². The zero-order chi connectivity index (χ0) is 14.3. The molecule has 0 radical (unpaired) electrons. The highest BCUT2D eigenvalue weighted by atomic mass is 16.3. The van der Waals surface area contributed by atoms with Crippen molar-refractivity contribution in [3.05, 3.63) is 58.1 Å². The molecular formula is C16H16N2O2. The first kappa shape index (κ1) is 12.7. The van der Waals surface area contributed by atoms with Gasteiger partial charge in [-0.25, -0.2) is 0 Å². The number of benzene rings is 1. The fourth-order valence-electron chi connectivity index (χ4n) is 2.65. The molecule has 0 saturated heterocycles. The van der Waals surface area contributed by atoms with E-state index in [2.05, 4.69) is 4.98 Å². The average Bonchev–Trinajstić information content (AvgIpc) is 2.92. The zero-order valence-electron chi connectivity index (χ0n) is 11.5. The van der Waals surface area contributed by atoms with Crippen molar-refractivity contribution in [2.45, 2.75) is 13.5 Å².